The van der Waals surface area contributed by atoms with Gasteiger partial charge in [-0.15, -0.1) is 0 Å². The van der Waals surface area contributed by atoms with E-state index in [4.69, 9.17) is 28.3 Å². The van der Waals surface area contributed by atoms with Crippen LogP contribution in [0.1, 0.15) is 11.3 Å². The van der Waals surface area contributed by atoms with Crippen molar-refractivity contribution in [3.05, 3.63) is 57.8 Å². The first kappa shape index (κ1) is 17.6. The van der Waals surface area contributed by atoms with Crippen LogP contribution in [0, 0.1) is 0 Å². The number of hydrogen-bond acceptors (Lipinski definition) is 2. The van der Waals surface area contributed by atoms with Gasteiger partial charge in [-0.2, -0.15) is 13.2 Å². The highest BCUT2D eigenvalue weighted by Crippen LogP contribution is 2.33. The van der Waals surface area contributed by atoms with Crippen LogP contribution in [0.4, 0.5) is 13.2 Å². The summed E-state index contributed by atoms with van der Waals surface area (Å²) in [6, 6.07) is 6.66. The summed E-state index contributed by atoms with van der Waals surface area (Å²) in [4.78, 5) is 15.4. The molecule has 0 spiro atoms. The van der Waals surface area contributed by atoms with Crippen LogP contribution in [-0.4, -0.2) is 20.5 Å². The molecule has 1 aromatic carbocycles. The van der Waals surface area contributed by atoms with E-state index in [0.717, 1.165) is 16.7 Å². The minimum Gasteiger partial charge on any atom is -0.481 e. The second-order valence-corrected chi connectivity index (χ2v) is 6.06. The van der Waals surface area contributed by atoms with E-state index >= 15 is 0 Å². The first-order chi connectivity index (χ1) is 11.7. The standard InChI is InChI=1S/C16H9Cl2F3N2O2/c17-10-3-1-8(5-11(10)18)15-12(6-14(24)25)23-7-9(16(19,20)21)2-4-13(23)22-15/h1-5,7H,6H2,(H,24,25). The van der Waals surface area contributed by atoms with Gasteiger partial charge in [0.15, 0.2) is 0 Å². The van der Waals surface area contributed by atoms with Crippen molar-refractivity contribution in [1.29, 1.82) is 0 Å². The number of carboxylic acid groups (broad SMARTS) is 1. The molecule has 0 radical (unpaired) electrons. The number of fused-ring (bicyclic) bond motifs is 1. The van der Waals surface area contributed by atoms with Gasteiger partial charge in [-0.3, -0.25) is 4.79 Å². The zero-order valence-corrected chi connectivity index (χ0v) is 13.8. The lowest BCUT2D eigenvalue weighted by atomic mass is 10.1. The zero-order valence-electron chi connectivity index (χ0n) is 12.3. The van der Waals surface area contributed by atoms with Gasteiger partial charge in [0.05, 0.1) is 33.4 Å². The predicted molar refractivity (Wildman–Crippen MR) is 87.0 cm³/mol. The molecule has 0 saturated carbocycles. The lowest BCUT2D eigenvalue weighted by Crippen LogP contribution is -2.09. The van der Waals surface area contributed by atoms with Crippen molar-refractivity contribution in [2.45, 2.75) is 12.6 Å². The second-order valence-electron chi connectivity index (χ2n) is 5.25. The summed E-state index contributed by atoms with van der Waals surface area (Å²) in [5.41, 5.74) is 0.116. The molecule has 0 amide bonds. The Morgan fingerprint density at radius 1 is 1.16 bits per heavy atom. The maximum atomic E-state index is 13.0. The number of aliphatic carboxylic acids is 1. The molecule has 0 aliphatic rings. The van der Waals surface area contributed by atoms with Gasteiger partial charge in [-0.25, -0.2) is 4.98 Å². The molecule has 130 valence electrons. The molecule has 0 unspecified atom stereocenters. The monoisotopic (exact) mass is 388 g/mol. The number of hydrogen-bond donors (Lipinski definition) is 1. The predicted octanol–water partition coefficient (Wildman–Crippen LogP) is 4.95. The van der Waals surface area contributed by atoms with Crippen molar-refractivity contribution in [1.82, 2.24) is 9.38 Å². The fourth-order valence-corrected chi connectivity index (χ4v) is 2.75. The van der Waals surface area contributed by atoms with Gasteiger partial charge in [0.25, 0.3) is 0 Å². The molecule has 0 fully saturated rings. The molecule has 3 rings (SSSR count). The number of imidazole rings is 1. The first-order valence-electron chi connectivity index (χ1n) is 6.92. The molecule has 2 aromatic heterocycles. The average molecular weight is 389 g/mol. The number of alkyl halides is 3. The van der Waals surface area contributed by atoms with Gasteiger partial charge in [0, 0.05) is 11.8 Å². The van der Waals surface area contributed by atoms with Gasteiger partial charge < -0.3 is 9.51 Å². The highest BCUT2D eigenvalue weighted by molar-refractivity contribution is 6.42. The van der Waals surface area contributed by atoms with E-state index in [0.29, 0.717) is 10.6 Å². The second kappa shape index (κ2) is 6.24. The molecule has 0 aliphatic carbocycles. The third kappa shape index (κ3) is 3.43. The minimum atomic E-state index is -4.55. The van der Waals surface area contributed by atoms with Gasteiger partial charge in [0.2, 0.25) is 0 Å². The number of rotatable bonds is 3. The maximum absolute atomic E-state index is 13.0. The van der Waals surface area contributed by atoms with Gasteiger partial charge in [0.1, 0.15) is 5.65 Å². The van der Waals surface area contributed by atoms with Gasteiger partial charge in [-0.1, -0.05) is 29.3 Å². The summed E-state index contributed by atoms with van der Waals surface area (Å²) in [5.74, 6) is -1.19. The number of aromatic nitrogens is 2. The summed E-state index contributed by atoms with van der Waals surface area (Å²) in [7, 11) is 0. The summed E-state index contributed by atoms with van der Waals surface area (Å²) in [6.45, 7) is 0. The zero-order chi connectivity index (χ0) is 18.4. The van der Waals surface area contributed by atoms with Crippen LogP contribution in [0.15, 0.2) is 36.5 Å². The smallest absolute Gasteiger partial charge is 0.417 e. The number of carboxylic acids is 1. The van der Waals surface area contributed by atoms with E-state index in [9.17, 15) is 18.0 Å². The number of nitrogens with zero attached hydrogens (tertiary/aromatic N) is 2. The van der Waals surface area contributed by atoms with E-state index in [1.54, 1.807) is 6.07 Å². The lowest BCUT2D eigenvalue weighted by molar-refractivity contribution is -0.138. The largest absolute Gasteiger partial charge is 0.481 e. The Bertz CT molecular complexity index is 983. The third-order valence-corrected chi connectivity index (χ3v) is 4.30. The van der Waals surface area contributed by atoms with Crippen LogP contribution in [0.2, 0.25) is 10.0 Å². The Morgan fingerprint density at radius 2 is 1.88 bits per heavy atom. The summed E-state index contributed by atoms with van der Waals surface area (Å²) < 4.78 is 40.0. The molecule has 0 saturated heterocycles. The normalized spacial score (nSPS) is 11.9. The Labute approximate surface area is 149 Å². The van der Waals surface area contributed by atoms with E-state index in [1.165, 1.54) is 18.2 Å². The molecule has 0 aliphatic heterocycles. The first-order valence-corrected chi connectivity index (χ1v) is 7.68. The van der Waals surface area contributed by atoms with Gasteiger partial charge >= 0.3 is 12.1 Å². The van der Waals surface area contributed by atoms with Crippen LogP contribution in [-0.2, 0) is 17.4 Å². The fraction of sp³-hybridized carbons (Fsp3) is 0.125. The van der Waals surface area contributed by atoms with E-state index in [1.807, 2.05) is 0 Å². The highest BCUT2D eigenvalue weighted by Gasteiger charge is 2.31. The van der Waals surface area contributed by atoms with E-state index in [2.05, 4.69) is 4.98 Å². The van der Waals surface area contributed by atoms with Crippen LogP contribution >= 0.6 is 23.2 Å². The summed E-state index contributed by atoms with van der Waals surface area (Å²) in [5, 5.41) is 9.66. The quantitative estimate of drug-likeness (QED) is 0.690. The molecule has 4 nitrogen and oxygen atoms in total. The molecular formula is C16H9Cl2F3N2O2. The average Bonchev–Trinajstić information content (AvgIpc) is 2.86. The van der Waals surface area contributed by atoms with Crippen LogP contribution in [0.3, 0.4) is 0 Å². The molecule has 1 N–H and O–H groups in total. The number of pyridine rings is 1. The van der Waals surface area contributed by atoms with Crippen molar-refractivity contribution < 1.29 is 23.1 Å². The molecule has 25 heavy (non-hydrogen) atoms. The van der Waals surface area contributed by atoms with Crippen LogP contribution in [0.25, 0.3) is 16.9 Å². The maximum Gasteiger partial charge on any atom is 0.417 e. The molecule has 0 bridgehead atoms. The van der Waals surface area contributed by atoms with Crippen molar-refractivity contribution in [3.63, 3.8) is 0 Å². The lowest BCUT2D eigenvalue weighted by Gasteiger charge is -2.08. The number of halogens is 5. The Kier molecular flexibility index (Phi) is 4.38. The van der Waals surface area contributed by atoms with Crippen LogP contribution in [0.5, 0.6) is 0 Å². The Balaban J connectivity index is 2.27. The number of carbonyl (C=O) groups is 1. The molecule has 3 aromatic rings. The summed E-state index contributed by atoms with van der Waals surface area (Å²) >= 11 is 11.8. The molecular weight excluding hydrogens is 380 g/mol. The van der Waals surface area contributed by atoms with Gasteiger partial charge in [-0.05, 0) is 24.3 Å². The SMILES string of the molecule is O=C(O)Cc1c(-c2ccc(Cl)c(Cl)c2)nc2ccc(C(F)(F)F)cn12. The van der Waals surface area contributed by atoms with Crippen molar-refractivity contribution >= 4 is 34.8 Å². The van der Waals surface area contributed by atoms with E-state index in [-0.39, 0.29) is 22.1 Å². The molecule has 0 atom stereocenters. The summed E-state index contributed by atoms with van der Waals surface area (Å²) in [6.07, 6.45) is -4.22. The molecule has 2 heterocycles. The van der Waals surface area contributed by atoms with Crippen LogP contribution < -0.4 is 0 Å². The molecule has 9 heteroatoms. The van der Waals surface area contributed by atoms with Crippen molar-refractivity contribution in [2.24, 2.45) is 0 Å². The fourth-order valence-electron chi connectivity index (χ4n) is 2.45. The Morgan fingerprint density at radius 3 is 2.48 bits per heavy atom. The topological polar surface area (TPSA) is 54.6 Å². The highest BCUT2D eigenvalue weighted by atomic mass is 35.5. The third-order valence-electron chi connectivity index (χ3n) is 3.56. The van der Waals surface area contributed by atoms with Crippen molar-refractivity contribution in [3.8, 4) is 11.3 Å². The Hall–Kier alpha value is -2.25. The minimum absolute atomic E-state index is 0.118. The number of benzene rings is 1. The van der Waals surface area contributed by atoms with E-state index < -0.39 is 24.1 Å². The van der Waals surface area contributed by atoms with Crippen molar-refractivity contribution in [2.75, 3.05) is 0 Å².